The van der Waals surface area contributed by atoms with Gasteiger partial charge in [0.2, 0.25) is 11.9 Å². The Balaban J connectivity index is 1.37. The van der Waals surface area contributed by atoms with Crippen molar-refractivity contribution in [2.45, 2.75) is 38.3 Å². The molecule has 3 heterocycles. The van der Waals surface area contributed by atoms with Crippen LogP contribution >= 0.6 is 0 Å². The average molecular weight is 423 g/mol. The van der Waals surface area contributed by atoms with Crippen LogP contribution in [0.15, 0.2) is 30.5 Å². The number of carbonyl (C=O) groups is 1. The predicted octanol–water partition coefficient (Wildman–Crippen LogP) is 2.78. The van der Waals surface area contributed by atoms with Gasteiger partial charge in [0, 0.05) is 49.3 Å². The molecule has 1 saturated heterocycles. The summed E-state index contributed by atoms with van der Waals surface area (Å²) in [5.74, 6) is 1.60. The number of ether oxygens (including phenoxy) is 1. The van der Waals surface area contributed by atoms with Gasteiger partial charge in [-0.1, -0.05) is 12.8 Å². The molecule has 2 fully saturated rings. The van der Waals surface area contributed by atoms with Gasteiger partial charge < -0.3 is 24.8 Å². The topological polar surface area (TPSA) is 73.8 Å². The lowest BCUT2D eigenvalue weighted by molar-refractivity contribution is -0.128. The lowest BCUT2D eigenvalue weighted by Crippen LogP contribution is -2.40. The van der Waals surface area contributed by atoms with Gasteiger partial charge in [0.05, 0.1) is 26.3 Å². The van der Waals surface area contributed by atoms with Crippen LogP contribution in [0.1, 0.15) is 31.2 Å². The zero-order valence-electron chi connectivity index (χ0n) is 18.1. The quantitative estimate of drug-likeness (QED) is 0.812. The number of hydrogen-bond donors (Lipinski definition) is 1. The molecule has 1 N–H and O–H groups in total. The summed E-state index contributed by atoms with van der Waals surface area (Å²) < 4.78 is 5.44. The number of aromatic nitrogens is 2. The zero-order chi connectivity index (χ0) is 21.2. The number of benzene rings is 1. The number of carbonyl (C=O) groups excluding carboxylic acids is 1. The van der Waals surface area contributed by atoms with E-state index in [9.17, 15) is 4.79 Å². The molecule has 0 radical (unpaired) electrons. The van der Waals surface area contributed by atoms with Gasteiger partial charge in [0.1, 0.15) is 5.82 Å². The standard InChI is InChI=1S/C23H30N6O2/c1-27-15-17-14-24-23(26-22(17)29(16-21(27)30)20-4-2-3-5-20)25-18-6-8-19(9-7-18)28-10-12-31-13-11-28/h6-9,14,20H,2-5,10-13,15-16H2,1H3,(H,24,25,26). The van der Waals surface area contributed by atoms with E-state index < -0.39 is 0 Å². The van der Waals surface area contributed by atoms with Crippen molar-refractivity contribution in [1.29, 1.82) is 0 Å². The number of fused-ring (bicyclic) bond motifs is 1. The fraction of sp³-hybridized carbons (Fsp3) is 0.522. The molecule has 1 aliphatic carbocycles. The number of amides is 1. The van der Waals surface area contributed by atoms with E-state index in [-0.39, 0.29) is 5.91 Å². The number of nitrogens with zero attached hydrogens (tertiary/aromatic N) is 5. The van der Waals surface area contributed by atoms with E-state index >= 15 is 0 Å². The van der Waals surface area contributed by atoms with Crippen LogP contribution < -0.4 is 15.1 Å². The van der Waals surface area contributed by atoms with Crippen molar-refractivity contribution in [2.24, 2.45) is 0 Å². The molecule has 0 bridgehead atoms. The van der Waals surface area contributed by atoms with Crippen molar-refractivity contribution in [2.75, 3.05) is 55.0 Å². The number of rotatable bonds is 4. The Morgan fingerprint density at radius 1 is 1.06 bits per heavy atom. The Morgan fingerprint density at radius 2 is 1.81 bits per heavy atom. The first-order valence-electron chi connectivity index (χ1n) is 11.2. The SMILES string of the molecule is CN1Cc2cnc(Nc3ccc(N4CCOCC4)cc3)nc2N(C2CCCC2)CC1=O. The van der Waals surface area contributed by atoms with Crippen LogP contribution in [0.25, 0.3) is 0 Å². The third kappa shape index (κ3) is 4.30. The van der Waals surface area contributed by atoms with Crippen LogP contribution in [0.2, 0.25) is 0 Å². The highest BCUT2D eigenvalue weighted by Gasteiger charge is 2.31. The minimum absolute atomic E-state index is 0.137. The van der Waals surface area contributed by atoms with Gasteiger partial charge >= 0.3 is 0 Å². The van der Waals surface area contributed by atoms with Crippen molar-refractivity contribution in [3.8, 4) is 0 Å². The summed E-state index contributed by atoms with van der Waals surface area (Å²) in [6, 6.07) is 8.74. The fourth-order valence-corrected chi connectivity index (χ4v) is 4.73. The van der Waals surface area contributed by atoms with E-state index in [4.69, 9.17) is 9.72 Å². The number of hydrogen-bond acceptors (Lipinski definition) is 7. The zero-order valence-corrected chi connectivity index (χ0v) is 18.1. The van der Waals surface area contributed by atoms with Crippen LogP contribution in [0.3, 0.4) is 0 Å². The number of morpholine rings is 1. The molecular weight excluding hydrogens is 392 g/mol. The maximum atomic E-state index is 12.6. The summed E-state index contributed by atoms with van der Waals surface area (Å²) in [5.41, 5.74) is 3.16. The second-order valence-corrected chi connectivity index (χ2v) is 8.63. The second-order valence-electron chi connectivity index (χ2n) is 8.63. The Morgan fingerprint density at radius 3 is 2.55 bits per heavy atom. The highest BCUT2D eigenvalue weighted by molar-refractivity contribution is 5.83. The van der Waals surface area contributed by atoms with Crippen LogP contribution in [0, 0.1) is 0 Å². The van der Waals surface area contributed by atoms with Crippen LogP contribution in [0.5, 0.6) is 0 Å². The lowest BCUT2D eigenvalue weighted by atomic mass is 10.2. The lowest BCUT2D eigenvalue weighted by Gasteiger charge is -2.29. The third-order valence-electron chi connectivity index (χ3n) is 6.52. The molecule has 8 nitrogen and oxygen atoms in total. The molecule has 3 aliphatic rings. The molecule has 1 aromatic heterocycles. The van der Waals surface area contributed by atoms with Gasteiger partial charge in [-0.05, 0) is 37.1 Å². The average Bonchev–Trinajstić information content (AvgIpc) is 3.30. The van der Waals surface area contributed by atoms with Crippen LogP contribution in [-0.2, 0) is 16.1 Å². The van der Waals surface area contributed by atoms with Gasteiger partial charge in [0.25, 0.3) is 0 Å². The Hall–Kier alpha value is -2.87. The molecule has 1 amide bonds. The summed E-state index contributed by atoms with van der Waals surface area (Å²) in [6.07, 6.45) is 6.53. The molecular formula is C23H30N6O2. The number of nitrogens with one attached hydrogen (secondary N) is 1. The molecule has 1 aromatic carbocycles. The third-order valence-corrected chi connectivity index (χ3v) is 6.52. The molecule has 2 aliphatic heterocycles. The molecule has 5 rings (SSSR count). The van der Waals surface area contributed by atoms with Gasteiger partial charge in [0.15, 0.2) is 0 Å². The van der Waals surface area contributed by atoms with E-state index in [0.717, 1.165) is 56.2 Å². The largest absolute Gasteiger partial charge is 0.378 e. The minimum Gasteiger partial charge on any atom is -0.378 e. The first-order chi connectivity index (χ1) is 15.2. The molecule has 0 spiro atoms. The summed E-state index contributed by atoms with van der Waals surface area (Å²) in [6.45, 7) is 4.33. The normalized spacial score (nSPS) is 20.0. The van der Waals surface area contributed by atoms with Crippen molar-refractivity contribution in [3.05, 3.63) is 36.0 Å². The van der Waals surface area contributed by atoms with Crippen LogP contribution in [-0.4, -0.2) is 66.7 Å². The molecule has 164 valence electrons. The molecule has 0 atom stereocenters. The second kappa shape index (κ2) is 8.70. The maximum absolute atomic E-state index is 12.6. The van der Waals surface area contributed by atoms with E-state index in [1.54, 1.807) is 4.90 Å². The number of anilines is 4. The maximum Gasteiger partial charge on any atom is 0.242 e. The monoisotopic (exact) mass is 422 g/mol. The van der Waals surface area contributed by atoms with Gasteiger partial charge in [-0.15, -0.1) is 0 Å². The Bertz CT molecular complexity index is 922. The molecule has 31 heavy (non-hydrogen) atoms. The molecule has 0 unspecified atom stereocenters. The van der Waals surface area contributed by atoms with Gasteiger partial charge in [-0.25, -0.2) is 4.98 Å². The summed E-state index contributed by atoms with van der Waals surface area (Å²) in [7, 11) is 1.85. The van der Waals surface area contributed by atoms with E-state index in [0.29, 0.717) is 25.1 Å². The van der Waals surface area contributed by atoms with Gasteiger partial charge in [-0.3, -0.25) is 4.79 Å². The molecule has 1 saturated carbocycles. The Labute approximate surface area is 183 Å². The Kier molecular flexibility index (Phi) is 5.63. The molecule has 2 aromatic rings. The number of likely N-dealkylation sites (N-methyl/N-ethyl adjacent to an activating group) is 1. The highest BCUT2D eigenvalue weighted by atomic mass is 16.5. The van der Waals surface area contributed by atoms with Crippen LogP contribution in [0.4, 0.5) is 23.1 Å². The van der Waals surface area contributed by atoms with E-state index in [1.807, 2.05) is 13.2 Å². The van der Waals surface area contributed by atoms with Crippen molar-refractivity contribution >= 4 is 29.0 Å². The van der Waals surface area contributed by atoms with Crippen molar-refractivity contribution in [3.63, 3.8) is 0 Å². The summed E-state index contributed by atoms with van der Waals surface area (Å²) in [4.78, 5) is 28.3. The highest BCUT2D eigenvalue weighted by Crippen LogP contribution is 2.32. The first-order valence-corrected chi connectivity index (χ1v) is 11.2. The first kappa shape index (κ1) is 20.1. The fourth-order valence-electron chi connectivity index (χ4n) is 4.73. The van der Waals surface area contributed by atoms with Gasteiger partial charge in [-0.2, -0.15) is 4.98 Å². The minimum atomic E-state index is 0.137. The summed E-state index contributed by atoms with van der Waals surface area (Å²) in [5, 5.41) is 3.35. The summed E-state index contributed by atoms with van der Waals surface area (Å²) >= 11 is 0. The smallest absolute Gasteiger partial charge is 0.242 e. The van der Waals surface area contributed by atoms with E-state index in [1.165, 1.54) is 18.5 Å². The van der Waals surface area contributed by atoms with E-state index in [2.05, 4.69) is 44.4 Å². The van der Waals surface area contributed by atoms with Crippen molar-refractivity contribution in [1.82, 2.24) is 14.9 Å². The van der Waals surface area contributed by atoms with Crippen molar-refractivity contribution < 1.29 is 9.53 Å². The predicted molar refractivity (Wildman–Crippen MR) is 121 cm³/mol. The molecule has 8 heteroatoms.